The number of nitrogens with zero attached hydrogens (tertiary/aromatic N) is 1. The topological polar surface area (TPSA) is 52.9 Å². The summed E-state index contributed by atoms with van der Waals surface area (Å²) < 4.78 is 0. The molecule has 0 aliphatic rings. The average Bonchev–Trinajstić information content (AvgIpc) is 2.36. The van der Waals surface area contributed by atoms with Gasteiger partial charge in [-0.1, -0.05) is 53.7 Å². The van der Waals surface area contributed by atoms with Crippen LogP contribution in [0.4, 0.5) is 5.69 Å². The summed E-state index contributed by atoms with van der Waals surface area (Å²) in [7, 11) is 0. The van der Waals surface area contributed by atoms with Gasteiger partial charge in [0.1, 0.15) is 0 Å². The van der Waals surface area contributed by atoms with Crippen LogP contribution in [0.3, 0.4) is 0 Å². The average molecular weight is 300 g/mol. The molecule has 1 atom stereocenters. The van der Waals surface area contributed by atoms with E-state index in [4.69, 9.17) is 5.26 Å². The van der Waals surface area contributed by atoms with Crippen molar-refractivity contribution in [2.24, 2.45) is 16.7 Å². The molecule has 0 heterocycles. The predicted molar refractivity (Wildman–Crippen MR) is 91.4 cm³/mol. The van der Waals surface area contributed by atoms with E-state index in [0.717, 1.165) is 17.7 Å². The first-order valence-electron chi connectivity index (χ1n) is 7.80. The molecule has 1 unspecified atom stereocenters. The number of nitriles is 1. The Labute approximate surface area is 134 Å². The first-order chi connectivity index (χ1) is 10.0. The Morgan fingerprint density at radius 2 is 1.68 bits per heavy atom. The SMILES string of the molecule is CC(C)(C)CC(C(=O)Nc1ccc(CC#N)cc1)C(C)(C)C. The van der Waals surface area contributed by atoms with Gasteiger partial charge in [0.25, 0.3) is 0 Å². The summed E-state index contributed by atoms with van der Waals surface area (Å²) in [5, 5.41) is 11.7. The van der Waals surface area contributed by atoms with E-state index in [0.29, 0.717) is 6.42 Å². The number of rotatable bonds is 4. The maximum absolute atomic E-state index is 12.7. The largest absolute Gasteiger partial charge is 0.326 e. The highest BCUT2D eigenvalue weighted by atomic mass is 16.1. The third-order valence-corrected chi connectivity index (χ3v) is 3.68. The number of benzene rings is 1. The van der Waals surface area contributed by atoms with Gasteiger partial charge in [-0.05, 0) is 34.9 Å². The fraction of sp³-hybridized carbons (Fsp3) is 0.579. The van der Waals surface area contributed by atoms with Crippen molar-refractivity contribution >= 4 is 11.6 Å². The maximum Gasteiger partial charge on any atom is 0.228 e. The van der Waals surface area contributed by atoms with E-state index in [2.05, 4.69) is 52.9 Å². The van der Waals surface area contributed by atoms with Gasteiger partial charge in [0, 0.05) is 11.6 Å². The summed E-state index contributed by atoms with van der Waals surface area (Å²) in [6.07, 6.45) is 1.23. The molecule has 0 saturated heterocycles. The van der Waals surface area contributed by atoms with Crippen LogP contribution in [0.15, 0.2) is 24.3 Å². The normalized spacial score (nSPS) is 13.3. The summed E-state index contributed by atoms with van der Waals surface area (Å²) in [6.45, 7) is 12.8. The smallest absolute Gasteiger partial charge is 0.228 e. The summed E-state index contributed by atoms with van der Waals surface area (Å²) in [5.74, 6) is 0.0155. The Morgan fingerprint density at radius 1 is 1.14 bits per heavy atom. The van der Waals surface area contributed by atoms with Crippen molar-refractivity contribution in [2.75, 3.05) is 5.32 Å². The van der Waals surface area contributed by atoms with Crippen LogP contribution in [-0.2, 0) is 11.2 Å². The zero-order valence-corrected chi connectivity index (χ0v) is 14.7. The molecule has 0 fully saturated rings. The third kappa shape index (κ3) is 5.89. The van der Waals surface area contributed by atoms with Gasteiger partial charge in [-0.3, -0.25) is 4.79 Å². The standard InChI is InChI=1S/C19H28N2O/c1-18(2,3)13-16(19(4,5)6)17(22)21-15-9-7-14(8-10-15)11-12-20/h7-10,16H,11,13H2,1-6H3,(H,21,22). The van der Waals surface area contributed by atoms with E-state index in [1.165, 1.54) is 0 Å². The van der Waals surface area contributed by atoms with E-state index in [1.807, 2.05) is 24.3 Å². The van der Waals surface area contributed by atoms with Gasteiger partial charge in [0.15, 0.2) is 0 Å². The minimum absolute atomic E-state index is 0.0497. The number of nitrogens with one attached hydrogen (secondary N) is 1. The van der Waals surface area contributed by atoms with E-state index in [-0.39, 0.29) is 22.7 Å². The van der Waals surface area contributed by atoms with Crippen LogP contribution < -0.4 is 5.32 Å². The van der Waals surface area contributed by atoms with Crippen molar-refractivity contribution in [2.45, 2.75) is 54.4 Å². The highest BCUT2D eigenvalue weighted by Crippen LogP contribution is 2.36. The first kappa shape index (κ1) is 18.2. The van der Waals surface area contributed by atoms with E-state index in [1.54, 1.807) is 0 Å². The summed E-state index contributed by atoms with van der Waals surface area (Å²) in [4.78, 5) is 12.7. The lowest BCUT2D eigenvalue weighted by atomic mass is 9.71. The van der Waals surface area contributed by atoms with Gasteiger partial charge in [0.2, 0.25) is 5.91 Å². The number of amides is 1. The number of hydrogen-bond acceptors (Lipinski definition) is 2. The second-order valence-electron chi connectivity index (χ2n) is 8.20. The lowest BCUT2D eigenvalue weighted by Gasteiger charge is -2.34. The quantitative estimate of drug-likeness (QED) is 0.869. The Kier molecular flexibility index (Phi) is 5.77. The van der Waals surface area contributed by atoms with Crippen molar-refractivity contribution < 1.29 is 4.79 Å². The van der Waals surface area contributed by atoms with Gasteiger partial charge in [-0.2, -0.15) is 5.26 Å². The number of carbonyl (C=O) groups excluding carboxylic acids is 1. The van der Waals surface area contributed by atoms with E-state index < -0.39 is 0 Å². The van der Waals surface area contributed by atoms with E-state index >= 15 is 0 Å². The van der Waals surface area contributed by atoms with Gasteiger partial charge < -0.3 is 5.32 Å². The van der Waals surface area contributed by atoms with Crippen molar-refractivity contribution in [1.82, 2.24) is 0 Å². The van der Waals surface area contributed by atoms with Crippen molar-refractivity contribution in [3.8, 4) is 6.07 Å². The molecule has 0 radical (unpaired) electrons. The molecule has 120 valence electrons. The highest BCUT2D eigenvalue weighted by molar-refractivity contribution is 5.93. The molecule has 3 heteroatoms. The molecule has 0 bridgehead atoms. The predicted octanol–water partition coefficient (Wildman–Crippen LogP) is 4.79. The molecular weight excluding hydrogens is 272 g/mol. The second kappa shape index (κ2) is 6.96. The fourth-order valence-corrected chi connectivity index (χ4v) is 2.43. The lowest BCUT2D eigenvalue weighted by molar-refractivity contribution is -0.124. The summed E-state index contributed by atoms with van der Waals surface area (Å²) in [6, 6.07) is 9.61. The fourth-order valence-electron chi connectivity index (χ4n) is 2.43. The zero-order valence-electron chi connectivity index (χ0n) is 14.7. The van der Waals surface area contributed by atoms with E-state index in [9.17, 15) is 4.79 Å². The van der Waals surface area contributed by atoms with Crippen LogP contribution in [0.25, 0.3) is 0 Å². The van der Waals surface area contributed by atoms with Crippen LogP contribution in [0.2, 0.25) is 0 Å². The zero-order chi connectivity index (χ0) is 17.0. The molecule has 1 rings (SSSR count). The van der Waals surface area contributed by atoms with Gasteiger partial charge in [0.05, 0.1) is 12.5 Å². The summed E-state index contributed by atoms with van der Waals surface area (Å²) >= 11 is 0. The lowest BCUT2D eigenvalue weighted by Crippen LogP contribution is -2.36. The van der Waals surface area contributed by atoms with Crippen LogP contribution >= 0.6 is 0 Å². The molecule has 1 N–H and O–H groups in total. The minimum Gasteiger partial charge on any atom is -0.326 e. The van der Waals surface area contributed by atoms with Crippen molar-refractivity contribution in [1.29, 1.82) is 5.26 Å². The first-order valence-corrected chi connectivity index (χ1v) is 7.80. The van der Waals surface area contributed by atoms with Gasteiger partial charge in [-0.15, -0.1) is 0 Å². The van der Waals surface area contributed by atoms with Crippen LogP contribution in [-0.4, -0.2) is 5.91 Å². The van der Waals surface area contributed by atoms with Gasteiger partial charge >= 0.3 is 0 Å². The number of anilines is 1. The molecule has 1 amide bonds. The maximum atomic E-state index is 12.7. The minimum atomic E-state index is -0.0852. The molecule has 0 saturated carbocycles. The molecule has 0 aromatic heterocycles. The molecule has 1 aromatic rings. The molecular formula is C19H28N2O. The molecule has 3 nitrogen and oxygen atoms in total. The van der Waals surface area contributed by atoms with Crippen LogP contribution in [0.1, 0.15) is 53.5 Å². The third-order valence-electron chi connectivity index (χ3n) is 3.68. The van der Waals surface area contributed by atoms with Crippen molar-refractivity contribution in [3.05, 3.63) is 29.8 Å². The second-order valence-corrected chi connectivity index (χ2v) is 8.20. The van der Waals surface area contributed by atoms with Crippen LogP contribution in [0, 0.1) is 28.1 Å². The molecule has 22 heavy (non-hydrogen) atoms. The molecule has 1 aromatic carbocycles. The Balaban J connectivity index is 2.85. The van der Waals surface area contributed by atoms with Gasteiger partial charge in [-0.25, -0.2) is 0 Å². The highest BCUT2D eigenvalue weighted by Gasteiger charge is 2.34. The monoisotopic (exact) mass is 300 g/mol. The van der Waals surface area contributed by atoms with Crippen LogP contribution in [0.5, 0.6) is 0 Å². The molecule has 0 aliphatic heterocycles. The summed E-state index contributed by atoms with van der Waals surface area (Å²) in [5.41, 5.74) is 1.77. The van der Waals surface area contributed by atoms with Crippen molar-refractivity contribution in [3.63, 3.8) is 0 Å². The number of hydrogen-bond donors (Lipinski definition) is 1. The Morgan fingerprint density at radius 3 is 2.09 bits per heavy atom. The molecule has 0 spiro atoms. The number of carbonyl (C=O) groups is 1. The Bertz CT molecular complexity index is 539. The molecule has 0 aliphatic carbocycles. The Hall–Kier alpha value is -1.82.